The van der Waals surface area contributed by atoms with Gasteiger partial charge in [0.1, 0.15) is 0 Å². The third-order valence-corrected chi connectivity index (χ3v) is 7.28. The molecule has 3 rings (SSSR count). The van der Waals surface area contributed by atoms with Gasteiger partial charge in [0, 0.05) is 12.6 Å². The molecular formula is C17H22N4O4S2. The maximum absolute atomic E-state index is 12.4. The predicted octanol–water partition coefficient (Wildman–Crippen LogP) is 0.598. The summed E-state index contributed by atoms with van der Waals surface area (Å²) in [7, 11) is -3.05. The predicted molar refractivity (Wildman–Crippen MR) is 104 cm³/mol. The monoisotopic (exact) mass is 410 g/mol. The molecule has 1 aromatic heterocycles. The lowest BCUT2D eigenvalue weighted by Gasteiger charge is -2.15. The lowest BCUT2D eigenvalue weighted by molar-refractivity contribution is -0.120. The minimum Gasteiger partial charge on any atom is -0.351 e. The van der Waals surface area contributed by atoms with Crippen LogP contribution >= 0.6 is 11.8 Å². The number of aryl methyl sites for hydroxylation is 1. The summed E-state index contributed by atoms with van der Waals surface area (Å²) in [6.45, 7) is 2.17. The number of H-pyrrole nitrogens is 1. The second-order valence-corrected chi connectivity index (χ2v) is 10.1. The Morgan fingerprint density at radius 1 is 1.41 bits per heavy atom. The van der Waals surface area contributed by atoms with Crippen molar-refractivity contribution in [2.45, 2.75) is 42.8 Å². The lowest BCUT2D eigenvalue weighted by atomic mass is 10.1. The number of aromatic amines is 1. The first-order valence-corrected chi connectivity index (χ1v) is 11.4. The van der Waals surface area contributed by atoms with Gasteiger partial charge in [-0.05, 0) is 25.3 Å². The summed E-state index contributed by atoms with van der Waals surface area (Å²) >= 11 is 1.18. The Kier molecular flexibility index (Phi) is 6.05. The topological polar surface area (TPSA) is 114 Å². The SMILES string of the molecule is CC(Sc1n[nH]c(=O)n1CCc1ccccc1)C(=O)NC1CCS(=O)(=O)C1. The van der Waals surface area contributed by atoms with E-state index in [0.717, 1.165) is 5.56 Å². The van der Waals surface area contributed by atoms with Crippen LogP contribution in [0.15, 0.2) is 40.3 Å². The molecule has 1 amide bonds. The molecule has 1 fully saturated rings. The van der Waals surface area contributed by atoms with E-state index in [1.165, 1.54) is 16.3 Å². The molecule has 2 heterocycles. The highest BCUT2D eigenvalue weighted by molar-refractivity contribution is 8.00. The number of aromatic nitrogens is 3. The van der Waals surface area contributed by atoms with Crippen LogP contribution in [0.3, 0.4) is 0 Å². The molecule has 1 aliphatic heterocycles. The Balaban J connectivity index is 1.60. The maximum Gasteiger partial charge on any atom is 0.343 e. The molecule has 146 valence electrons. The second kappa shape index (κ2) is 8.30. The van der Waals surface area contributed by atoms with E-state index in [-0.39, 0.29) is 29.1 Å². The van der Waals surface area contributed by atoms with Crippen LogP contribution in [0.25, 0.3) is 0 Å². The zero-order valence-corrected chi connectivity index (χ0v) is 16.6. The quantitative estimate of drug-likeness (QED) is 0.646. The number of thioether (sulfide) groups is 1. The molecule has 2 aromatic rings. The average molecular weight is 411 g/mol. The van der Waals surface area contributed by atoms with Crippen molar-refractivity contribution in [2.75, 3.05) is 11.5 Å². The van der Waals surface area contributed by atoms with Crippen molar-refractivity contribution in [1.29, 1.82) is 0 Å². The van der Waals surface area contributed by atoms with E-state index in [1.807, 2.05) is 30.3 Å². The van der Waals surface area contributed by atoms with Crippen molar-refractivity contribution in [3.63, 3.8) is 0 Å². The summed E-state index contributed by atoms with van der Waals surface area (Å²) in [4.78, 5) is 24.4. The van der Waals surface area contributed by atoms with Crippen molar-refractivity contribution in [2.24, 2.45) is 0 Å². The van der Waals surface area contributed by atoms with Gasteiger partial charge in [0.25, 0.3) is 0 Å². The van der Waals surface area contributed by atoms with E-state index < -0.39 is 15.1 Å². The van der Waals surface area contributed by atoms with Crippen molar-refractivity contribution >= 4 is 27.5 Å². The smallest absolute Gasteiger partial charge is 0.343 e. The van der Waals surface area contributed by atoms with Gasteiger partial charge in [-0.15, -0.1) is 5.10 Å². The summed E-state index contributed by atoms with van der Waals surface area (Å²) in [5.41, 5.74) is 0.790. The number of hydrogen-bond donors (Lipinski definition) is 2. The van der Waals surface area contributed by atoms with E-state index in [9.17, 15) is 18.0 Å². The van der Waals surface area contributed by atoms with Gasteiger partial charge in [-0.1, -0.05) is 42.1 Å². The van der Waals surface area contributed by atoms with E-state index in [0.29, 0.717) is 24.5 Å². The lowest BCUT2D eigenvalue weighted by Crippen LogP contribution is -2.40. The van der Waals surface area contributed by atoms with Crippen LogP contribution in [0, 0.1) is 0 Å². The highest BCUT2D eigenvalue weighted by Gasteiger charge is 2.30. The van der Waals surface area contributed by atoms with E-state index >= 15 is 0 Å². The van der Waals surface area contributed by atoms with Crippen molar-refractivity contribution < 1.29 is 13.2 Å². The summed E-state index contributed by atoms with van der Waals surface area (Å²) in [6.07, 6.45) is 1.12. The summed E-state index contributed by atoms with van der Waals surface area (Å²) in [5.74, 6) is -0.162. The van der Waals surface area contributed by atoms with E-state index in [4.69, 9.17) is 0 Å². The number of sulfone groups is 1. The number of carbonyl (C=O) groups is 1. The van der Waals surface area contributed by atoms with Crippen LogP contribution in [0.5, 0.6) is 0 Å². The normalized spacial score (nSPS) is 19.7. The molecule has 1 saturated heterocycles. The van der Waals surface area contributed by atoms with Crippen molar-refractivity contribution in [3.05, 3.63) is 46.4 Å². The number of nitrogens with one attached hydrogen (secondary N) is 2. The molecule has 0 bridgehead atoms. The zero-order chi connectivity index (χ0) is 19.4. The molecule has 1 aliphatic rings. The van der Waals surface area contributed by atoms with E-state index in [1.54, 1.807) is 6.92 Å². The van der Waals surface area contributed by atoms with Crippen LogP contribution in [0.2, 0.25) is 0 Å². The van der Waals surface area contributed by atoms with Gasteiger partial charge >= 0.3 is 5.69 Å². The largest absolute Gasteiger partial charge is 0.351 e. The third-order valence-electron chi connectivity index (χ3n) is 4.42. The van der Waals surface area contributed by atoms with Gasteiger partial charge in [-0.2, -0.15) is 0 Å². The summed E-state index contributed by atoms with van der Waals surface area (Å²) in [5, 5.41) is 9.16. The van der Waals surface area contributed by atoms with Crippen LogP contribution in [0.4, 0.5) is 0 Å². The molecule has 1 aromatic carbocycles. The fraction of sp³-hybridized carbons (Fsp3) is 0.471. The first-order valence-electron chi connectivity index (χ1n) is 8.70. The first kappa shape index (κ1) is 19.7. The van der Waals surface area contributed by atoms with Gasteiger partial charge in [0.15, 0.2) is 15.0 Å². The summed E-state index contributed by atoms with van der Waals surface area (Å²) < 4.78 is 24.5. The van der Waals surface area contributed by atoms with Gasteiger partial charge < -0.3 is 5.32 Å². The van der Waals surface area contributed by atoms with Gasteiger partial charge in [0.05, 0.1) is 16.8 Å². The minimum absolute atomic E-state index is 0.0136. The number of nitrogens with zero attached hydrogens (tertiary/aromatic N) is 2. The summed E-state index contributed by atoms with van der Waals surface area (Å²) in [6, 6.07) is 9.46. The first-order chi connectivity index (χ1) is 12.8. The molecule has 27 heavy (non-hydrogen) atoms. The standard InChI is InChI=1S/C17H22N4O4S2/c1-12(15(22)18-14-8-10-27(24,25)11-14)26-17-20-19-16(23)21(17)9-7-13-5-3-2-4-6-13/h2-6,12,14H,7-11H2,1H3,(H,18,22)(H,19,23). The number of benzene rings is 1. The Morgan fingerprint density at radius 2 is 2.15 bits per heavy atom. The molecule has 2 unspecified atom stereocenters. The minimum atomic E-state index is -3.05. The number of amides is 1. The van der Waals surface area contributed by atoms with Crippen molar-refractivity contribution in [1.82, 2.24) is 20.1 Å². The Bertz CT molecular complexity index is 953. The van der Waals surface area contributed by atoms with Crippen LogP contribution in [-0.2, 0) is 27.6 Å². The molecule has 2 N–H and O–H groups in total. The number of carbonyl (C=O) groups excluding carboxylic acids is 1. The molecule has 0 saturated carbocycles. The average Bonchev–Trinajstić information content (AvgIpc) is 3.15. The van der Waals surface area contributed by atoms with Crippen LogP contribution in [-0.4, -0.2) is 51.9 Å². The van der Waals surface area contributed by atoms with Gasteiger partial charge in [-0.3, -0.25) is 9.36 Å². The molecular weight excluding hydrogens is 388 g/mol. The molecule has 10 heteroatoms. The Hall–Kier alpha value is -2.07. The number of rotatable bonds is 7. The number of hydrogen-bond acceptors (Lipinski definition) is 6. The Labute approximate surface area is 161 Å². The maximum atomic E-state index is 12.4. The Morgan fingerprint density at radius 3 is 2.81 bits per heavy atom. The highest BCUT2D eigenvalue weighted by Crippen LogP contribution is 2.21. The second-order valence-electron chi connectivity index (χ2n) is 6.57. The van der Waals surface area contributed by atoms with Crippen LogP contribution in [0.1, 0.15) is 18.9 Å². The fourth-order valence-corrected chi connectivity index (χ4v) is 5.48. The fourth-order valence-electron chi connectivity index (χ4n) is 2.91. The molecule has 2 atom stereocenters. The molecule has 0 aliphatic carbocycles. The van der Waals surface area contributed by atoms with Gasteiger partial charge in [0.2, 0.25) is 5.91 Å². The highest BCUT2D eigenvalue weighted by atomic mass is 32.2. The van der Waals surface area contributed by atoms with Crippen molar-refractivity contribution in [3.8, 4) is 0 Å². The van der Waals surface area contributed by atoms with Gasteiger partial charge in [-0.25, -0.2) is 18.3 Å². The third kappa shape index (κ3) is 5.23. The zero-order valence-electron chi connectivity index (χ0n) is 14.9. The van der Waals surface area contributed by atoms with Crippen LogP contribution < -0.4 is 11.0 Å². The molecule has 0 spiro atoms. The van der Waals surface area contributed by atoms with E-state index in [2.05, 4.69) is 15.5 Å². The molecule has 0 radical (unpaired) electrons. The molecule has 8 nitrogen and oxygen atoms in total.